The van der Waals surface area contributed by atoms with Crippen LogP contribution < -0.4 is 5.32 Å². The highest BCUT2D eigenvalue weighted by molar-refractivity contribution is 9.13. The number of nitrogens with one attached hydrogen (secondary N) is 1. The fraction of sp³-hybridized carbons (Fsp3) is 0. The van der Waals surface area contributed by atoms with Gasteiger partial charge in [-0.2, -0.15) is 0 Å². The van der Waals surface area contributed by atoms with Crippen LogP contribution in [0.15, 0.2) is 54.3 Å². The fourth-order valence-electron chi connectivity index (χ4n) is 1.34. The van der Waals surface area contributed by atoms with Crippen LogP contribution in [-0.4, -0.2) is 0 Å². The van der Waals surface area contributed by atoms with E-state index in [2.05, 4.69) is 69.0 Å². The molecule has 2 aromatic carbocycles. The summed E-state index contributed by atoms with van der Waals surface area (Å²) in [5.41, 5.74) is 2.02. The van der Waals surface area contributed by atoms with Crippen LogP contribution in [0.4, 0.5) is 11.4 Å². The summed E-state index contributed by atoms with van der Waals surface area (Å²) in [7, 11) is 0. The molecule has 0 saturated carbocycles. The highest BCUT2D eigenvalue weighted by Crippen LogP contribution is 2.35. The van der Waals surface area contributed by atoms with Crippen molar-refractivity contribution in [2.24, 2.45) is 0 Å². The van der Waals surface area contributed by atoms with E-state index in [0.29, 0.717) is 0 Å². The van der Waals surface area contributed by atoms with Crippen LogP contribution in [0.5, 0.6) is 0 Å². The molecule has 0 aromatic heterocycles. The van der Waals surface area contributed by atoms with Crippen molar-refractivity contribution in [3.8, 4) is 0 Å². The molecule has 17 heavy (non-hydrogen) atoms. The Hall–Kier alpha value is 0.160. The lowest BCUT2D eigenvalue weighted by Crippen LogP contribution is -1.92. The average molecular weight is 485 g/mol. The van der Waals surface area contributed by atoms with E-state index < -0.39 is 0 Å². The first-order valence-electron chi connectivity index (χ1n) is 4.74. The van der Waals surface area contributed by atoms with Gasteiger partial charge in [0, 0.05) is 13.4 Å². The van der Waals surface area contributed by atoms with E-state index in [4.69, 9.17) is 0 Å². The summed E-state index contributed by atoms with van der Waals surface area (Å²) in [4.78, 5) is 0. The van der Waals surface area contributed by atoms with E-state index in [0.717, 1.165) is 29.3 Å². The molecule has 0 amide bonds. The number of anilines is 2. The number of hydrogen-bond acceptors (Lipinski definition) is 1. The molecule has 0 heterocycles. The molecule has 0 radical (unpaired) electrons. The van der Waals surface area contributed by atoms with Crippen LogP contribution >= 0.6 is 63.7 Å². The molecule has 2 rings (SSSR count). The number of hydrogen-bond donors (Lipinski definition) is 1. The van der Waals surface area contributed by atoms with Gasteiger partial charge in [0.15, 0.2) is 0 Å². The predicted molar refractivity (Wildman–Crippen MR) is 87.0 cm³/mol. The highest BCUT2D eigenvalue weighted by Gasteiger charge is 2.06. The van der Waals surface area contributed by atoms with Crippen molar-refractivity contribution in [1.82, 2.24) is 0 Å². The molecule has 2 aromatic rings. The molecule has 0 aliphatic carbocycles. The van der Waals surface area contributed by atoms with Crippen molar-refractivity contribution >= 4 is 75.1 Å². The SMILES string of the molecule is Brc1ccc(Br)c(Nc2cccc(Br)c2Br)c1. The van der Waals surface area contributed by atoms with Gasteiger partial charge in [-0.3, -0.25) is 0 Å². The van der Waals surface area contributed by atoms with E-state index in [1.54, 1.807) is 0 Å². The summed E-state index contributed by atoms with van der Waals surface area (Å²) in [5.74, 6) is 0. The maximum absolute atomic E-state index is 3.54. The molecule has 1 nitrogen and oxygen atoms in total. The minimum Gasteiger partial charge on any atom is -0.354 e. The van der Waals surface area contributed by atoms with E-state index in [1.807, 2.05) is 36.4 Å². The van der Waals surface area contributed by atoms with Gasteiger partial charge < -0.3 is 5.32 Å². The average Bonchev–Trinajstić information content (AvgIpc) is 2.30. The second-order valence-electron chi connectivity index (χ2n) is 3.35. The minimum atomic E-state index is 1.01. The van der Waals surface area contributed by atoms with Crippen LogP contribution in [0.25, 0.3) is 0 Å². The maximum atomic E-state index is 3.54. The highest BCUT2D eigenvalue weighted by atomic mass is 79.9. The molecule has 0 bridgehead atoms. The molecule has 1 N–H and O–H groups in total. The topological polar surface area (TPSA) is 12.0 Å². The summed E-state index contributed by atoms with van der Waals surface area (Å²) >= 11 is 14.0. The smallest absolute Gasteiger partial charge is 0.0552 e. The van der Waals surface area contributed by atoms with E-state index in [9.17, 15) is 0 Å². The van der Waals surface area contributed by atoms with Crippen molar-refractivity contribution in [3.63, 3.8) is 0 Å². The van der Waals surface area contributed by atoms with Crippen LogP contribution in [-0.2, 0) is 0 Å². The molecule has 0 aliphatic heterocycles. The lowest BCUT2D eigenvalue weighted by molar-refractivity contribution is 1.47. The molecular weight excluding hydrogens is 478 g/mol. The lowest BCUT2D eigenvalue weighted by atomic mass is 10.3. The molecule has 0 saturated heterocycles. The predicted octanol–water partition coefficient (Wildman–Crippen LogP) is 6.48. The van der Waals surface area contributed by atoms with Crippen LogP contribution in [0.1, 0.15) is 0 Å². The van der Waals surface area contributed by atoms with Crippen LogP contribution in [0, 0.1) is 0 Å². The largest absolute Gasteiger partial charge is 0.354 e. The first-order chi connectivity index (χ1) is 8.08. The summed E-state index contributed by atoms with van der Waals surface area (Å²) in [6.45, 7) is 0. The molecule has 0 aliphatic rings. The molecular formula is C12H7Br4N. The van der Waals surface area contributed by atoms with Gasteiger partial charge in [-0.1, -0.05) is 22.0 Å². The Morgan fingerprint density at radius 3 is 2.29 bits per heavy atom. The van der Waals surface area contributed by atoms with Gasteiger partial charge in [-0.25, -0.2) is 0 Å². The Bertz CT molecular complexity index is 554. The zero-order chi connectivity index (χ0) is 12.4. The zero-order valence-corrected chi connectivity index (χ0v) is 14.8. The Morgan fingerprint density at radius 2 is 1.53 bits per heavy atom. The lowest BCUT2D eigenvalue weighted by Gasteiger charge is -2.11. The van der Waals surface area contributed by atoms with Gasteiger partial charge in [-0.15, -0.1) is 0 Å². The Kier molecular flexibility index (Phi) is 4.69. The molecule has 0 unspecified atom stereocenters. The molecule has 0 fully saturated rings. The van der Waals surface area contributed by atoms with E-state index >= 15 is 0 Å². The standard InChI is InChI=1S/C12H7Br4N/c13-7-4-5-8(14)11(6-7)17-10-3-1-2-9(15)12(10)16/h1-6,17H. The van der Waals surface area contributed by atoms with Crippen molar-refractivity contribution in [2.75, 3.05) is 5.32 Å². The second kappa shape index (κ2) is 5.87. The van der Waals surface area contributed by atoms with Crippen LogP contribution in [0.2, 0.25) is 0 Å². The first-order valence-corrected chi connectivity index (χ1v) is 7.91. The zero-order valence-electron chi connectivity index (χ0n) is 8.48. The summed E-state index contributed by atoms with van der Waals surface area (Å²) in [5, 5.41) is 3.37. The number of rotatable bonds is 2. The molecule has 88 valence electrons. The minimum absolute atomic E-state index is 1.01. The third-order valence-electron chi connectivity index (χ3n) is 2.15. The van der Waals surface area contributed by atoms with Crippen molar-refractivity contribution in [2.45, 2.75) is 0 Å². The third-order valence-corrected chi connectivity index (χ3v) is 5.38. The Balaban J connectivity index is 2.38. The van der Waals surface area contributed by atoms with Crippen molar-refractivity contribution in [3.05, 3.63) is 54.3 Å². The van der Waals surface area contributed by atoms with Crippen LogP contribution in [0.3, 0.4) is 0 Å². The van der Waals surface area contributed by atoms with E-state index in [1.165, 1.54) is 0 Å². The van der Waals surface area contributed by atoms with Crippen molar-refractivity contribution in [1.29, 1.82) is 0 Å². The first kappa shape index (κ1) is 13.6. The summed E-state index contributed by atoms with van der Waals surface area (Å²) in [6, 6.07) is 12.0. The van der Waals surface area contributed by atoms with Gasteiger partial charge in [0.2, 0.25) is 0 Å². The quantitative estimate of drug-likeness (QED) is 0.514. The summed E-state index contributed by atoms with van der Waals surface area (Å²) < 4.78 is 4.09. The number of benzene rings is 2. The molecule has 0 spiro atoms. The second-order valence-corrected chi connectivity index (χ2v) is 6.77. The van der Waals surface area contributed by atoms with Gasteiger partial charge in [0.05, 0.1) is 15.8 Å². The Morgan fingerprint density at radius 1 is 0.765 bits per heavy atom. The normalized spacial score (nSPS) is 10.4. The van der Waals surface area contributed by atoms with Gasteiger partial charge in [0.25, 0.3) is 0 Å². The number of halogens is 4. The third kappa shape index (κ3) is 3.34. The van der Waals surface area contributed by atoms with Gasteiger partial charge >= 0.3 is 0 Å². The monoisotopic (exact) mass is 481 g/mol. The molecule has 5 heteroatoms. The maximum Gasteiger partial charge on any atom is 0.0552 e. The summed E-state index contributed by atoms with van der Waals surface area (Å²) in [6.07, 6.45) is 0. The van der Waals surface area contributed by atoms with Gasteiger partial charge in [-0.05, 0) is 78.1 Å². The fourth-order valence-corrected chi connectivity index (χ4v) is 2.78. The van der Waals surface area contributed by atoms with Crippen molar-refractivity contribution < 1.29 is 0 Å². The van der Waals surface area contributed by atoms with E-state index in [-0.39, 0.29) is 0 Å². The molecule has 0 atom stereocenters. The van der Waals surface area contributed by atoms with Gasteiger partial charge in [0.1, 0.15) is 0 Å². The Labute approximate surface area is 134 Å².